The summed E-state index contributed by atoms with van der Waals surface area (Å²) in [7, 11) is 0.237. The molecule has 0 amide bonds. The monoisotopic (exact) mass is 286 g/mol. The van der Waals surface area contributed by atoms with Gasteiger partial charge in [-0.25, -0.2) is 4.79 Å². The van der Waals surface area contributed by atoms with Gasteiger partial charge in [0.2, 0.25) is 0 Å². The molecule has 1 N–H and O–H groups in total. The maximum atomic E-state index is 11.4. The van der Waals surface area contributed by atoms with Crippen LogP contribution >= 0.6 is 0 Å². The number of hydrogen-bond acceptors (Lipinski definition) is 6. The Bertz CT molecular complexity index is 518. The van der Waals surface area contributed by atoms with Crippen LogP contribution in [0.1, 0.15) is 10.4 Å². The standard InChI is InChI=1S/C11H14N2O5S/c1-18-11(14)8-3-4-10(13(15)16)9(7-8)12-5-6-19(2)17/h3-4,7,12H,5-6H2,1-2H3. The van der Waals surface area contributed by atoms with Gasteiger partial charge in [-0.3, -0.25) is 14.3 Å². The summed E-state index contributed by atoms with van der Waals surface area (Å²) >= 11 is 0. The van der Waals surface area contributed by atoms with Crippen LogP contribution in [0.5, 0.6) is 0 Å². The lowest BCUT2D eigenvalue weighted by molar-refractivity contribution is -0.384. The zero-order chi connectivity index (χ0) is 14.4. The molecule has 1 unspecified atom stereocenters. The number of nitrogens with zero attached hydrogens (tertiary/aromatic N) is 1. The number of esters is 1. The average Bonchev–Trinajstić information content (AvgIpc) is 2.37. The van der Waals surface area contributed by atoms with E-state index in [-0.39, 0.29) is 16.9 Å². The molecule has 0 bridgehead atoms. The molecule has 7 nitrogen and oxygen atoms in total. The summed E-state index contributed by atoms with van der Waals surface area (Å²) in [6.45, 7) is 0.314. The highest BCUT2D eigenvalue weighted by molar-refractivity contribution is 7.84. The van der Waals surface area contributed by atoms with Crippen LogP contribution < -0.4 is 5.32 Å². The molecule has 1 rings (SSSR count). The molecular formula is C11H14N2O5S. The molecule has 104 valence electrons. The molecule has 19 heavy (non-hydrogen) atoms. The van der Waals surface area contributed by atoms with E-state index in [1.807, 2.05) is 0 Å². The van der Waals surface area contributed by atoms with E-state index in [9.17, 15) is 19.1 Å². The van der Waals surface area contributed by atoms with Crippen LogP contribution in [0.4, 0.5) is 11.4 Å². The highest BCUT2D eigenvalue weighted by Crippen LogP contribution is 2.25. The van der Waals surface area contributed by atoms with Crippen LogP contribution in [0, 0.1) is 10.1 Å². The van der Waals surface area contributed by atoms with Crippen LogP contribution in [-0.2, 0) is 15.5 Å². The molecule has 1 aromatic rings. The Balaban J connectivity index is 2.98. The van der Waals surface area contributed by atoms with E-state index < -0.39 is 21.7 Å². The minimum Gasteiger partial charge on any atom is -0.465 e. The van der Waals surface area contributed by atoms with Crippen molar-refractivity contribution in [2.45, 2.75) is 0 Å². The summed E-state index contributed by atoms with van der Waals surface area (Å²) in [5.41, 5.74) is 0.279. The minimum absolute atomic E-state index is 0.144. The van der Waals surface area contributed by atoms with E-state index in [1.165, 1.54) is 25.3 Å². The number of ether oxygens (including phenoxy) is 1. The lowest BCUT2D eigenvalue weighted by Crippen LogP contribution is -2.12. The van der Waals surface area contributed by atoms with Crippen molar-refractivity contribution in [1.82, 2.24) is 0 Å². The largest absolute Gasteiger partial charge is 0.465 e. The van der Waals surface area contributed by atoms with Gasteiger partial charge in [-0.1, -0.05) is 0 Å². The number of carbonyl (C=O) groups is 1. The maximum absolute atomic E-state index is 11.4. The van der Waals surface area contributed by atoms with E-state index >= 15 is 0 Å². The van der Waals surface area contributed by atoms with Crippen molar-refractivity contribution in [3.05, 3.63) is 33.9 Å². The first kappa shape index (κ1) is 15.1. The summed E-state index contributed by atoms with van der Waals surface area (Å²) in [5, 5.41) is 13.7. The molecule has 0 aromatic heterocycles. The van der Waals surface area contributed by atoms with Crippen molar-refractivity contribution in [3.8, 4) is 0 Å². The summed E-state index contributed by atoms with van der Waals surface area (Å²) < 4.78 is 15.5. The van der Waals surface area contributed by atoms with E-state index in [4.69, 9.17) is 0 Å². The average molecular weight is 286 g/mol. The van der Waals surface area contributed by atoms with Gasteiger partial charge in [-0.05, 0) is 12.1 Å². The maximum Gasteiger partial charge on any atom is 0.337 e. The zero-order valence-electron chi connectivity index (χ0n) is 10.5. The Morgan fingerprint density at radius 1 is 1.53 bits per heavy atom. The molecule has 0 aliphatic rings. The van der Waals surface area contributed by atoms with Gasteiger partial charge >= 0.3 is 5.97 Å². The lowest BCUT2D eigenvalue weighted by atomic mass is 10.1. The summed E-state index contributed by atoms with van der Waals surface area (Å²) in [6, 6.07) is 3.91. The van der Waals surface area contributed by atoms with Gasteiger partial charge in [0.15, 0.2) is 0 Å². The molecule has 0 saturated carbocycles. The van der Waals surface area contributed by atoms with Gasteiger partial charge in [0.25, 0.3) is 5.69 Å². The van der Waals surface area contributed by atoms with Gasteiger partial charge in [0.1, 0.15) is 5.69 Å². The number of rotatable bonds is 6. The highest BCUT2D eigenvalue weighted by Gasteiger charge is 2.16. The Kier molecular flexibility index (Phi) is 5.43. The van der Waals surface area contributed by atoms with Crippen molar-refractivity contribution in [1.29, 1.82) is 0 Å². The minimum atomic E-state index is -0.996. The predicted octanol–water partition coefficient (Wildman–Crippen LogP) is 1.17. The van der Waals surface area contributed by atoms with Crippen LogP contribution in [-0.4, -0.2) is 40.8 Å². The number of carbonyl (C=O) groups excluding carboxylic acids is 1. The second kappa shape index (κ2) is 6.83. The first-order valence-electron chi connectivity index (χ1n) is 5.36. The van der Waals surface area contributed by atoms with Gasteiger partial charge in [-0.2, -0.15) is 0 Å². The molecule has 1 aromatic carbocycles. The SMILES string of the molecule is COC(=O)c1ccc([N+](=O)[O-])c(NCCS(C)=O)c1. The number of nitro benzene ring substituents is 1. The fraction of sp³-hybridized carbons (Fsp3) is 0.364. The van der Waals surface area contributed by atoms with Crippen molar-refractivity contribution in [2.75, 3.05) is 31.0 Å². The van der Waals surface area contributed by atoms with E-state index in [0.717, 1.165) is 0 Å². The van der Waals surface area contributed by atoms with Crippen LogP contribution in [0.25, 0.3) is 0 Å². The predicted molar refractivity (Wildman–Crippen MR) is 71.9 cm³/mol. The highest BCUT2D eigenvalue weighted by atomic mass is 32.2. The Hall–Kier alpha value is -1.96. The third kappa shape index (κ3) is 4.32. The normalized spacial score (nSPS) is 11.7. The van der Waals surface area contributed by atoms with Crippen molar-refractivity contribution < 1.29 is 18.7 Å². The molecule has 8 heteroatoms. The first-order valence-corrected chi connectivity index (χ1v) is 7.09. The summed E-state index contributed by atoms with van der Waals surface area (Å²) in [5.74, 6) is -0.211. The van der Waals surface area contributed by atoms with Crippen LogP contribution in [0.2, 0.25) is 0 Å². The van der Waals surface area contributed by atoms with E-state index in [0.29, 0.717) is 12.3 Å². The van der Waals surface area contributed by atoms with Gasteiger partial charge in [-0.15, -0.1) is 0 Å². The van der Waals surface area contributed by atoms with Crippen molar-refractivity contribution in [2.24, 2.45) is 0 Å². The second-order valence-corrected chi connectivity index (χ2v) is 5.24. The van der Waals surface area contributed by atoms with Gasteiger partial charge < -0.3 is 10.1 Å². The molecule has 0 radical (unpaired) electrons. The molecule has 1 atom stereocenters. The Morgan fingerprint density at radius 2 is 2.21 bits per heavy atom. The number of hydrogen-bond donors (Lipinski definition) is 1. The molecule has 0 saturated heterocycles. The Labute approximate surface area is 112 Å². The third-order valence-corrected chi connectivity index (χ3v) is 3.10. The molecule has 0 heterocycles. The lowest BCUT2D eigenvalue weighted by Gasteiger charge is -2.07. The zero-order valence-corrected chi connectivity index (χ0v) is 11.4. The molecule has 0 aliphatic carbocycles. The molecule has 0 fully saturated rings. The molecule has 0 aliphatic heterocycles. The number of anilines is 1. The van der Waals surface area contributed by atoms with Gasteiger partial charge in [0, 0.05) is 35.4 Å². The smallest absolute Gasteiger partial charge is 0.337 e. The topological polar surface area (TPSA) is 98.5 Å². The van der Waals surface area contributed by atoms with Crippen LogP contribution in [0.15, 0.2) is 18.2 Å². The Morgan fingerprint density at radius 3 is 2.74 bits per heavy atom. The first-order chi connectivity index (χ1) is 8.95. The number of nitro groups is 1. The molecule has 0 spiro atoms. The van der Waals surface area contributed by atoms with Gasteiger partial charge in [0.05, 0.1) is 17.6 Å². The second-order valence-electron chi connectivity index (χ2n) is 3.68. The number of benzene rings is 1. The van der Waals surface area contributed by atoms with Crippen molar-refractivity contribution >= 4 is 28.1 Å². The number of methoxy groups -OCH3 is 1. The van der Waals surface area contributed by atoms with E-state index in [1.54, 1.807) is 6.26 Å². The summed E-state index contributed by atoms with van der Waals surface area (Å²) in [6.07, 6.45) is 1.54. The van der Waals surface area contributed by atoms with Crippen LogP contribution in [0.3, 0.4) is 0 Å². The quantitative estimate of drug-likeness (QED) is 0.479. The summed E-state index contributed by atoms with van der Waals surface area (Å²) in [4.78, 5) is 21.7. The fourth-order valence-corrected chi connectivity index (χ4v) is 1.80. The number of nitrogens with one attached hydrogen (secondary N) is 1. The van der Waals surface area contributed by atoms with E-state index in [2.05, 4.69) is 10.1 Å². The molecular weight excluding hydrogens is 272 g/mol. The van der Waals surface area contributed by atoms with Crippen molar-refractivity contribution in [3.63, 3.8) is 0 Å². The fourth-order valence-electron chi connectivity index (χ4n) is 1.41. The third-order valence-electron chi connectivity index (χ3n) is 2.32.